The van der Waals surface area contributed by atoms with Crippen LogP contribution < -0.4 is 0 Å². The van der Waals surface area contributed by atoms with Crippen molar-refractivity contribution in [3.63, 3.8) is 0 Å². The van der Waals surface area contributed by atoms with Crippen molar-refractivity contribution in [1.29, 1.82) is 0 Å². The molecule has 3 heteroatoms. The zero-order valence-electron chi connectivity index (χ0n) is 5.79. The summed E-state index contributed by atoms with van der Waals surface area (Å²) in [5.41, 5.74) is 0.400. The zero-order chi connectivity index (χ0) is 6.69. The van der Waals surface area contributed by atoms with Gasteiger partial charge in [-0.15, -0.1) is 6.07 Å². The minimum Gasteiger partial charge on any atom is -0.368 e. The van der Waals surface area contributed by atoms with Gasteiger partial charge < -0.3 is 4.79 Å². The maximum Gasteiger partial charge on any atom is 0.0761 e. The predicted octanol–water partition coefficient (Wildman–Crippen LogP) is 1.08. The van der Waals surface area contributed by atoms with Crippen molar-refractivity contribution in [3.05, 3.63) is 30.1 Å². The number of carbonyl (C=O) groups excluding carboxylic acids is 1. The van der Waals surface area contributed by atoms with E-state index in [0.29, 0.717) is 5.69 Å². The van der Waals surface area contributed by atoms with E-state index in [1.54, 1.807) is 18.3 Å². The van der Waals surface area contributed by atoms with E-state index in [2.05, 4.69) is 11.1 Å². The summed E-state index contributed by atoms with van der Waals surface area (Å²) in [5, 5.41) is 0. The first-order chi connectivity index (χ1) is 4.30. The number of pyridine rings is 1. The molecule has 1 aromatic rings. The van der Waals surface area contributed by atoms with Gasteiger partial charge in [-0.2, -0.15) is 12.1 Å². The van der Waals surface area contributed by atoms with Crippen LogP contribution in [0.3, 0.4) is 0 Å². The Morgan fingerprint density at radius 1 is 1.70 bits per heavy atom. The number of hydrogen-bond acceptors (Lipinski definition) is 2. The molecule has 0 fully saturated rings. The summed E-state index contributed by atoms with van der Waals surface area (Å²) >= 11 is 0. The maximum absolute atomic E-state index is 10.6. The summed E-state index contributed by atoms with van der Waals surface area (Å²) in [5.74, 6) is -0.0457. The van der Waals surface area contributed by atoms with E-state index in [9.17, 15) is 4.79 Å². The van der Waals surface area contributed by atoms with Gasteiger partial charge in [-0.25, -0.2) is 0 Å². The monoisotopic (exact) mass is 184 g/mol. The number of Topliss-reactive ketones (excluding diaryl/α,β-unsaturated/α-hetero) is 1. The Bertz CT molecular complexity index is 210. The van der Waals surface area contributed by atoms with E-state index in [-0.39, 0.29) is 25.3 Å². The van der Waals surface area contributed by atoms with Gasteiger partial charge >= 0.3 is 0 Å². The number of rotatable bonds is 1. The van der Waals surface area contributed by atoms with Crippen molar-refractivity contribution in [1.82, 2.24) is 4.98 Å². The summed E-state index contributed by atoms with van der Waals surface area (Å²) in [6, 6.07) is 6.11. The van der Waals surface area contributed by atoms with Crippen molar-refractivity contribution in [2.24, 2.45) is 0 Å². The van der Waals surface area contributed by atoms with Crippen LogP contribution >= 0.6 is 0 Å². The second kappa shape index (κ2) is 4.29. The maximum atomic E-state index is 10.6. The Morgan fingerprint density at radius 3 is 2.70 bits per heavy atom. The van der Waals surface area contributed by atoms with Crippen molar-refractivity contribution < 1.29 is 24.3 Å². The van der Waals surface area contributed by atoms with Crippen LogP contribution in [-0.2, 0) is 19.5 Å². The Balaban J connectivity index is 0.000000810. The zero-order valence-corrected chi connectivity index (χ0v) is 8.76. The molecule has 0 unspecified atom stereocenters. The molecule has 1 rings (SSSR count). The molecule has 0 aliphatic rings. The molecule has 10 heavy (non-hydrogen) atoms. The Kier molecular flexibility index (Phi) is 4.05. The van der Waals surface area contributed by atoms with E-state index in [1.165, 1.54) is 6.92 Å². The van der Waals surface area contributed by atoms with Crippen molar-refractivity contribution in [2.45, 2.75) is 6.92 Å². The van der Waals surface area contributed by atoms with Gasteiger partial charge in [0.1, 0.15) is 0 Å². The third-order valence-corrected chi connectivity index (χ3v) is 0.939. The van der Waals surface area contributed by atoms with Crippen LogP contribution in [-0.4, -0.2) is 10.8 Å². The second-order valence-corrected chi connectivity index (χ2v) is 1.69. The molecule has 0 spiro atoms. The van der Waals surface area contributed by atoms with Crippen LogP contribution in [0.15, 0.2) is 18.3 Å². The first-order valence-electron chi connectivity index (χ1n) is 2.64. The third kappa shape index (κ3) is 2.36. The fraction of sp³-hybridized carbons (Fsp3) is 0.143. The predicted molar refractivity (Wildman–Crippen MR) is 33.1 cm³/mol. The van der Waals surface area contributed by atoms with Gasteiger partial charge in [-0.3, -0.25) is 4.98 Å². The largest absolute Gasteiger partial charge is 0.368 e. The van der Waals surface area contributed by atoms with Crippen LogP contribution in [0.1, 0.15) is 17.4 Å². The van der Waals surface area contributed by atoms with Crippen LogP contribution in [0.25, 0.3) is 0 Å². The molecular weight excluding hydrogens is 179 g/mol. The van der Waals surface area contributed by atoms with Crippen molar-refractivity contribution in [2.75, 3.05) is 0 Å². The van der Waals surface area contributed by atoms with Crippen LogP contribution in [0, 0.1) is 6.07 Å². The number of hydrogen-bond donors (Lipinski definition) is 0. The number of aromatic nitrogens is 1. The quantitative estimate of drug-likeness (QED) is 0.372. The molecule has 0 saturated heterocycles. The standard InChI is InChI=1S/C7H6NO.Zn/c1-6(9)7-4-2-3-5-8-7;/h2-3,5H,1H3;/q-1;. The van der Waals surface area contributed by atoms with E-state index in [1.807, 2.05) is 0 Å². The molecule has 0 aliphatic carbocycles. The summed E-state index contributed by atoms with van der Waals surface area (Å²) in [7, 11) is 0. The normalized spacial score (nSPS) is 8.10. The molecule has 0 radical (unpaired) electrons. The average molecular weight is 186 g/mol. The van der Waals surface area contributed by atoms with E-state index in [4.69, 9.17) is 0 Å². The van der Waals surface area contributed by atoms with Gasteiger partial charge in [-0.05, 0) is 18.8 Å². The minimum atomic E-state index is -0.0457. The summed E-state index contributed by atoms with van der Waals surface area (Å²) in [4.78, 5) is 14.3. The van der Waals surface area contributed by atoms with Crippen molar-refractivity contribution in [3.8, 4) is 0 Å². The molecule has 0 atom stereocenters. The average Bonchev–Trinajstić information content (AvgIpc) is 1.90. The summed E-state index contributed by atoms with van der Waals surface area (Å²) < 4.78 is 0. The molecule has 1 aromatic heterocycles. The Morgan fingerprint density at radius 2 is 2.40 bits per heavy atom. The fourth-order valence-corrected chi connectivity index (χ4v) is 0.517. The van der Waals surface area contributed by atoms with Crippen LogP contribution in [0.5, 0.6) is 0 Å². The van der Waals surface area contributed by atoms with E-state index in [0.717, 1.165) is 0 Å². The van der Waals surface area contributed by atoms with E-state index < -0.39 is 0 Å². The smallest absolute Gasteiger partial charge is 0.0761 e. The molecule has 0 aliphatic heterocycles. The first kappa shape index (κ1) is 9.44. The minimum absolute atomic E-state index is 0. The number of nitrogens with zero attached hydrogens (tertiary/aromatic N) is 1. The molecule has 0 N–H and O–H groups in total. The van der Waals surface area contributed by atoms with Gasteiger partial charge in [0.25, 0.3) is 0 Å². The molecule has 0 amide bonds. The molecule has 0 aromatic carbocycles. The SMILES string of the molecule is CC(=O)c1[c-]cccn1.[Zn]. The molecule has 0 bridgehead atoms. The van der Waals surface area contributed by atoms with Crippen LogP contribution in [0.4, 0.5) is 0 Å². The molecule has 2 nitrogen and oxygen atoms in total. The number of carbonyl (C=O) groups is 1. The van der Waals surface area contributed by atoms with Crippen molar-refractivity contribution >= 4 is 5.78 Å². The fourth-order valence-electron chi connectivity index (χ4n) is 0.517. The second-order valence-electron chi connectivity index (χ2n) is 1.69. The van der Waals surface area contributed by atoms with Gasteiger partial charge in [0, 0.05) is 19.5 Å². The number of ketones is 1. The van der Waals surface area contributed by atoms with E-state index >= 15 is 0 Å². The molecule has 0 saturated carbocycles. The summed E-state index contributed by atoms with van der Waals surface area (Å²) in [6.07, 6.45) is 1.58. The molecular formula is C7H6NOZn-. The Hall–Kier alpha value is -0.557. The summed E-state index contributed by atoms with van der Waals surface area (Å²) in [6.45, 7) is 1.47. The van der Waals surface area contributed by atoms with Gasteiger partial charge in [0.05, 0.1) is 5.78 Å². The molecule has 48 valence electrons. The van der Waals surface area contributed by atoms with Gasteiger partial charge in [0.2, 0.25) is 0 Å². The first-order valence-corrected chi connectivity index (χ1v) is 2.64. The molecule has 1 heterocycles. The third-order valence-electron chi connectivity index (χ3n) is 0.939. The van der Waals surface area contributed by atoms with Gasteiger partial charge in [0.15, 0.2) is 0 Å². The topological polar surface area (TPSA) is 30.0 Å². The van der Waals surface area contributed by atoms with Crippen LogP contribution in [0.2, 0.25) is 0 Å². The Labute approximate surface area is 72.4 Å². The van der Waals surface area contributed by atoms with Gasteiger partial charge in [-0.1, -0.05) is 0 Å².